The Bertz CT molecular complexity index is 317. The standard InChI is InChI=1S/C8H11ClFN3/c9-6-2-4(10)1-5(8(6)13)7(12)3-11/h1-2,7H,3,11-13H2. The predicted molar refractivity (Wildman–Crippen MR) is 51.8 cm³/mol. The highest BCUT2D eigenvalue weighted by Crippen LogP contribution is 2.27. The van der Waals surface area contributed by atoms with Gasteiger partial charge >= 0.3 is 0 Å². The van der Waals surface area contributed by atoms with Crippen LogP contribution in [0.15, 0.2) is 12.1 Å². The Balaban J connectivity index is 3.20. The fourth-order valence-corrected chi connectivity index (χ4v) is 1.25. The SMILES string of the molecule is NCC(N)c1cc(F)cc(Cl)c1N. The molecule has 0 spiro atoms. The first-order valence-corrected chi connectivity index (χ1v) is 4.14. The molecule has 3 nitrogen and oxygen atoms in total. The molecule has 0 aliphatic heterocycles. The number of nitrogens with two attached hydrogens (primary N) is 3. The first-order chi connectivity index (χ1) is 6.06. The number of benzene rings is 1. The summed E-state index contributed by atoms with van der Waals surface area (Å²) < 4.78 is 12.9. The molecule has 1 rings (SSSR count). The van der Waals surface area contributed by atoms with Crippen molar-refractivity contribution in [2.75, 3.05) is 12.3 Å². The van der Waals surface area contributed by atoms with Crippen LogP contribution in [0.1, 0.15) is 11.6 Å². The van der Waals surface area contributed by atoms with E-state index in [0.29, 0.717) is 11.3 Å². The first-order valence-electron chi connectivity index (χ1n) is 3.76. The maximum absolute atomic E-state index is 12.9. The summed E-state index contributed by atoms with van der Waals surface area (Å²) in [4.78, 5) is 0. The van der Waals surface area contributed by atoms with Crippen LogP contribution in [-0.2, 0) is 0 Å². The topological polar surface area (TPSA) is 78.1 Å². The van der Waals surface area contributed by atoms with Crippen LogP contribution in [0, 0.1) is 5.82 Å². The monoisotopic (exact) mass is 203 g/mol. The van der Waals surface area contributed by atoms with Gasteiger partial charge < -0.3 is 17.2 Å². The largest absolute Gasteiger partial charge is 0.397 e. The number of hydrogen-bond acceptors (Lipinski definition) is 3. The van der Waals surface area contributed by atoms with Gasteiger partial charge in [-0.05, 0) is 17.7 Å². The summed E-state index contributed by atoms with van der Waals surface area (Å²) in [5, 5.41) is 0.166. The van der Waals surface area contributed by atoms with Crippen molar-refractivity contribution in [2.45, 2.75) is 6.04 Å². The quantitative estimate of drug-likeness (QED) is 0.628. The number of halogens is 2. The molecule has 13 heavy (non-hydrogen) atoms. The Hall–Kier alpha value is -0.840. The molecule has 1 aromatic rings. The van der Waals surface area contributed by atoms with Gasteiger partial charge in [-0.3, -0.25) is 0 Å². The van der Waals surface area contributed by atoms with E-state index in [9.17, 15) is 4.39 Å². The molecule has 0 heterocycles. The molecule has 5 heteroatoms. The Morgan fingerprint density at radius 1 is 1.46 bits per heavy atom. The van der Waals surface area contributed by atoms with E-state index < -0.39 is 11.9 Å². The van der Waals surface area contributed by atoms with Crippen molar-refractivity contribution in [2.24, 2.45) is 11.5 Å². The number of nitrogen functional groups attached to an aromatic ring is 1. The van der Waals surface area contributed by atoms with Gasteiger partial charge in [0.25, 0.3) is 0 Å². The molecule has 1 aromatic carbocycles. The number of rotatable bonds is 2. The molecule has 0 amide bonds. The lowest BCUT2D eigenvalue weighted by atomic mass is 10.1. The van der Waals surface area contributed by atoms with Crippen molar-refractivity contribution < 1.29 is 4.39 Å². The molecule has 0 aliphatic carbocycles. The second-order valence-electron chi connectivity index (χ2n) is 2.73. The highest BCUT2D eigenvalue weighted by atomic mass is 35.5. The third-order valence-corrected chi connectivity index (χ3v) is 2.09. The predicted octanol–water partition coefficient (Wildman–Crippen LogP) is 1.02. The highest BCUT2D eigenvalue weighted by molar-refractivity contribution is 6.33. The Morgan fingerprint density at radius 2 is 2.08 bits per heavy atom. The summed E-state index contributed by atoms with van der Waals surface area (Å²) in [6.07, 6.45) is 0. The summed E-state index contributed by atoms with van der Waals surface area (Å²) in [7, 11) is 0. The van der Waals surface area contributed by atoms with Gasteiger partial charge in [-0.1, -0.05) is 11.6 Å². The van der Waals surface area contributed by atoms with Gasteiger partial charge in [0.05, 0.1) is 10.7 Å². The third kappa shape index (κ3) is 2.09. The van der Waals surface area contributed by atoms with Gasteiger partial charge in [0.1, 0.15) is 5.82 Å². The van der Waals surface area contributed by atoms with Gasteiger partial charge in [0, 0.05) is 12.6 Å². The molecule has 0 fully saturated rings. The molecular formula is C8H11ClFN3. The van der Waals surface area contributed by atoms with E-state index >= 15 is 0 Å². The molecule has 0 radical (unpaired) electrons. The average molecular weight is 204 g/mol. The van der Waals surface area contributed by atoms with E-state index in [1.165, 1.54) is 6.07 Å². The molecule has 6 N–H and O–H groups in total. The summed E-state index contributed by atoms with van der Waals surface area (Å²) in [6, 6.07) is 1.91. The van der Waals surface area contributed by atoms with E-state index in [0.717, 1.165) is 6.07 Å². The Morgan fingerprint density at radius 3 is 2.62 bits per heavy atom. The van der Waals surface area contributed by atoms with Crippen LogP contribution in [0.25, 0.3) is 0 Å². The highest BCUT2D eigenvalue weighted by Gasteiger charge is 2.12. The van der Waals surface area contributed by atoms with Crippen LogP contribution in [0.5, 0.6) is 0 Å². The zero-order valence-electron chi connectivity index (χ0n) is 6.93. The van der Waals surface area contributed by atoms with Crippen LogP contribution >= 0.6 is 11.6 Å². The van der Waals surface area contributed by atoms with E-state index in [1.54, 1.807) is 0 Å². The lowest BCUT2D eigenvalue weighted by Crippen LogP contribution is -2.22. The van der Waals surface area contributed by atoms with Gasteiger partial charge in [-0.15, -0.1) is 0 Å². The van der Waals surface area contributed by atoms with Crippen LogP contribution in [0.4, 0.5) is 10.1 Å². The second kappa shape index (κ2) is 3.91. The van der Waals surface area contributed by atoms with E-state index in [4.69, 9.17) is 28.8 Å². The van der Waals surface area contributed by atoms with Crippen molar-refractivity contribution in [1.29, 1.82) is 0 Å². The van der Waals surface area contributed by atoms with Crippen LogP contribution < -0.4 is 17.2 Å². The van der Waals surface area contributed by atoms with Crippen LogP contribution in [0.3, 0.4) is 0 Å². The first kappa shape index (κ1) is 10.2. The zero-order chi connectivity index (χ0) is 10.0. The minimum Gasteiger partial charge on any atom is -0.397 e. The van der Waals surface area contributed by atoms with Gasteiger partial charge in [0.2, 0.25) is 0 Å². The minimum absolute atomic E-state index is 0.166. The second-order valence-corrected chi connectivity index (χ2v) is 3.14. The molecule has 0 aromatic heterocycles. The average Bonchev–Trinajstić information content (AvgIpc) is 2.10. The smallest absolute Gasteiger partial charge is 0.125 e. The summed E-state index contributed by atoms with van der Waals surface area (Å²) >= 11 is 5.66. The molecule has 0 saturated heterocycles. The van der Waals surface area contributed by atoms with E-state index in [1.807, 2.05) is 0 Å². The molecule has 72 valence electrons. The van der Waals surface area contributed by atoms with Crippen LogP contribution in [-0.4, -0.2) is 6.54 Å². The minimum atomic E-state index is -0.479. The van der Waals surface area contributed by atoms with Crippen molar-refractivity contribution in [3.8, 4) is 0 Å². The fraction of sp³-hybridized carbons (Fsp3) is 0.250. The summed E-state index contributed by atoms with van der Waals surface area (Å²) in [5.74, 6) is -0.460. The molecule has 0 saturated carbocycles. The Labute approximate surface area is 80.6 Å². The third-order valence-electron chi connectivity index (χ3n) is 1.78. The van der Waals surface area contributed by atoms with Crippen molar-refractivity contribution in [3.05, 3.63) is 28.5 Å². The van der Waals surface area contributed by atoms with Crippen LogP contribution in [0.2, 0.25) is 5.02 Å². The molecular weight excluding hydrogens is 193 g/mol. The van der Waals surface area contributed by atoms with Crippen molar-refractivity contribution >= 4 is 17.3 Å². The number of anilines is 1. The molecule has 1 atom stereocenters. The lowest BCUT2D eigenvalue weighted by molar-refractivity contribution is 0.620. The Kier molecular flexibility index (Phi) is 3.08. The zero-order valence-corrected chi connectivity index (χ0v) is 7.68. The molecule has 0 bridgehead atoms. The van der Waals surface area contributed by atoms with Gasteiger partial charge in [-0.25, -0.2) is 4.39 Å². The van der Waals surface area contributed by atoms with E-state index in [2.05, 4.69) is 0 Å². The molecule has 1 unspecified atom stereocenters. The summed E-state index contributed by atoms with van der Waals surface area (Å²) in [5.41, 5.74) is 17.3. The van der Waals surface area contributed by atoms with Crippen molar-refractivity contribution in [3.63, 3.8) is 0 Å². The number of hydrogen-bond donors (Lipinski definition) is 3. The summed E-state index contributed by atoms with van der Waals surface area (Å²) in [6.45, 7) is 0.198. The fourth-order valence-electron chi connectivity index (χ4n) is 1.04. The van der Waals surface area contributed by atoms with Gasteiger partial charge in [0.15, 0.2) is 0 Å². The lowest BCUT2D eigenvalue weighted by Gasteiger charge is -2.13. The normalized spacial score (nSPS) is 12.9. The van der Waals surface area contributed by atoms with Crippen molar-refractivity contribution in [1.82, 2.24) is 0 Å². The van der Waals surface area contributed by atoms with Gasteiger partial charge in [-0.2, -0.15) is 0 Å². The molecule has 0 aliphatic rings. The van der Waals surface area contributed by atoms with E-state index in [-0.39, 0.29) is 11.6 Å². The maximum atomic E-state index is 12.9. The maximum Gasteiger partial charge on any atom is 0.125 e.